The smallest absolute Gasteiger partial charge is 0.323 e. The minimum atomic E-state index is -0.931. The van der Waals surface area contributed by atoms with E-state index in [2.05, 4.69) is 5.32 Å². The topological polar surface area (TPSA) is 66.5 Å². The first-order valence-electron chi connectivity index (χ1n) is 8.72. The van der Waals surface area contributed by atoms with Gasteiger partial charge in [0.1, 0.15) is 5.54 Å². The van der Waals surface area contributed by atoms with Crippen molar-refractivity contribution in [1.29, 1.82) is 0 Å². The molecule has 1 atom stereocenters. The van der Waals surface area contributed by atoms with Crippen LogP contribution in [0.5, 0.6) is 0 Å². The van der Waals surface area contributed by atoms with Gasteiger partial charge in [-0.2, -0.15) is 0 Å². The summed E-state index contributed by atoms with van der Waals surface area (Å²) in [6.07, 6.45) is 0.546. The summed E-state index contributed by atoms with van der Waals surface area (Å²) in [5.74, 6) is -0.270. The third-order valence-electron chi connectivity index (χ3n) is 5.25. The number of ketones is 1. The van der Waals surface area contributed by atoms with Gasteiger partial charge in [0, 0.05) is 5.56 Å². The molecule has 5 nitrogen and oxygen atoms in total. The Morgan fingerprint density at radius 3 is 2.28 bits per heavy atom. The van der Waals surface area contributed by atoms with Crippen molar-refractivity contribution >= 4 is 17.7 Å². The molecule has 2 rings (SSSR count). The number of aryl methyl sites for hydroxylation is 1. The molecule has 1 aromatic carbocycles. The highest BCUT2D eigenvalue weighted by Gasteiger charge is 2.48. The fourth-order valence-corrected chi connectivity index (χ4v) is 3.58. The lowest BCUT2D eigenvalue weighted by Crippen LogP contribution is -2.45. The van der Waals surface area contributed by atoms with Crippen molar-refractivity contribution in [2.75, 3.05) is 6.54 Å². The molecule has 1 N–H and O–H groups in total. The van der Waals surface area contributed by atoms with Gasteiger partial charge in [0.15, 0.2) is 5.78 Å². The number of carbonyl (C=O) groups is 3. The van der Waals surface area contributed by atoms with E-state index < -0.39 is 11.6 Å². The summed E-state index contributed by atoms with van der Waals surface area (Å²) in [5.41, 5.74) is 3.83. The number of Topliss-reactive ketones (excluding diaryl/α,β-unsaturated/α-hetero) is 1. The van der Waals surface area contributed by atoms with Crippen molar-refractivity contribution in [3.05, 3.63) is 33.9 Å². The Morgan fingerprint density at radius 1 is 1.12 bits per heavy atom. The average Bonchev–Trinajstić information content (AvgIpc) is 2.71. The third kappa shape index (κ3) is 3.46. The van der Waals surface area contributed by atoms with E-state index in [0.29, 0.717) is 12.0 Å². The Kier molecular flexibility index (Phi) is 5.07. The van der Waals surface area contributed by atoms with Gasteiger partial charge in [0.25, 0.3) is 5.91 Å². The molecule has 0 spiro atoms. The van der Waals surface area contributed by atoms with E-state index in [9.17, 15) is 14.4 Å². The maximum Gasteiger partial charge on any atom is 0.325 e. The van der Waals surface area contributed by atoms with Crippen molar-refractivity contribution in [2.45, 2.75) is 60.4 Å². The number of hydrogen-bond acceptors (Lipinski definition) is 3. The van der Waals surface area contributed by atoms with Gasteiger partial charge in [0.2, 0.25) is 0 Å². The zero-order chi connectivity index (χ0) is 19.1. The molecule has 0 aromatic heterocycles. The lowest BCUT2D eigenvalue weighted by Gasteiger charge is -2.23. The van der Waals surface area contributed by atoms with Gasteiger partial charge in [0.05, 0.1) is 6.54 Å². The molecular formula is C20H28N2O3. The number of carbonyl (C=O) groups excluding carboxylic acids is 3. The summed E-state index contributed by atoms with van der Waals surface area (Å²) in [4.78, 5) is 38.8. The highest BCUT2D eigenvalue weighted by molar-refractivity contribution is 6.11. The third-order valence-corrected chi connectivity index (χ3v) is 5.25. The largest absolute Gasteiger partial charge is 0.325 e. The molecule has 0 bridgehead atoms. The number of benzene rings is 1. The fourth-order valence-electron chi connectivity index (χ4n) is 3.58. The summed E-state index contributed by atoms with van der Waals surface area (Å²) >= 11 is 0. The first-order chi connectivity index (χ1) is 11.5. The van der Waals surface area contributed by atoms with E-state index in [-0.39, 0.29) is 24.2 Å². The molecule has 1 saturated heterocycles. The normalized spacial score (nSPS) is 20.4. The van der Waals surface area contributed by atoms with Crippen LogP contribution in [0.2, 0.25) is 0 Å². The lowest BCUT2D eigenvalue weighted by atomic mass is 9.90. The number of amides is 3. The summed E-state index contributed by atoms with van der Waals surface area (Å²) < 4.78 is 0. The van der Waals surface area contributed by atoms with Crippen LogP contribution < -0.4 is 5.32 Å². The molecule has 0 radical (unpaired) electrons. The van der Waals surface area contributed by atoms with Crippen molar-refractivity contribution in [3.63, 3.8) is 0 Å². The van der Waals surface area contributed by atoms with Crippen LogP contribution >= 0.6 is 0 Å². The van der Waals surface area contributed by atoms with E-state index in [1.54, 1.807) is 6.92 Å². The van der Waals surface area contributed by atoms with E-state index >= 15 is 0 Å². The van der Waals surface area contributed by atoms with Crippen molar-refractivity contribution in [3.8, 4) is 0 Å². The molecule has 1 unspecified atom stereocenters. The maximum absolute atomic E-state index is 12.8. The zero-order valence-corrected chi connectivity index (χ0v) is 16.2. The lowest BCUT2D eigenvalue weighted by molar-refractivity contribution is -0.131. The van der Waals surface area contributed by atoms with Gasteiger partial charge >= 0.3 is 6.03 Å². The molecule has 0 saturated carbocycles. The van der Waals surface area contributed by atoms with Crippen LogP contribution in [0.3, 0.4) is 0 Å². The maximum atomic E-state index is 12.8. The monoisotopic (exact) mass is 344 g/mol. The van der Waals surface area contributed by atoms with Gasteiger partial charge < -0.3 is 5.32 Å². The molecular weight excluding hydrogens is 316 g/mol. The first-order valence-corrected chi connectivity index (χ1v) is 8.72. The van der Waals surface area contributed by atoms with Crippen LogP contribution in [0.4, 0.5) is 4.79 Å². The van der Waals surface area contributed by atoms with Crippen LogP contribution in [-0.4, -0.2) is 34.7 Å². The van der Waals surface area contributed by atoms with Gasteiger partial charge in [-0.1, -0.05) is 13.8 Å². The molecule has 3 amide bonds. The highest BCUT2D eigenvalue weighted by Crippen LogP contribution is 2.26. The van der Waals surface area contributed by atoms with Crippen molar-refractivity contribution in [1.82, 2.24) is 10.2 Å². The zero-order valence-electron chi connectivity index (χ0n) is 16.2. The number of hydrogen-bond donors (Lipinski definition) is 1. The summed E-state index contributed by atoms with van der Waals surface area (Å²) in [6, 6.07) is 1.37. The summed E-state index contributed by atoms with van der Waals surface area (Å²) in [5, 5.41) is 2.75. The molecule has 25 heavy (non-hydrogen) atoms. The SMILES string of the molecule is Cc1cc(C(=O)CN2C(=O)NC(C)(CC(C)C)C2=O)c(C)c(C)c1C. The molecule has 136 valence electrons. The van der Waals surface area contributed by atoms with Crippen LogP contribution in [0.25, 0.3) is 0 Å². The Labute approximate surface area is 149 Å². The molecule has 0 aliphatic carbocycles. The standard InChI is InChI=1S/C20H28N2O3/c1-11(2)9-20(7)18(24)22(19(25)21-20)10-17(23)16-8-12(3)13(4)14(5)15(16)6/h8,11H,9-10H2,1-7H3,(H,21,25). The van der Waals surface area contributed by atoms with Crippen LogP contribution in [0.15, 0.2) is 6.07 Å². The van der Waals surface area contributed by atoms with Gasteiger partial charge in [-0.15, -0.1) is 0 Å². The van der Waals surface area contributed by atoms with Crippen molar-refractivity contribution < 1.29 is 14.4 Å². The Balaban J connectivity index is 2.27. The summed E-state index contributed by atoms with van der Waals surface area (Å²) in [6.45, 7) is 13.4. The van der Waals surface area contributed by atoms with Crippen LogP contribution in [0, 0.1) is 33.6 Å². The molecule has 1 fully saturated rings. The minimum Gasteiger partial charge on any atom is -0.323 e. The minimum absolute atomic E-state index is 0.207. The number of nitrogens with one attached hydrogen (secondary N) is 1. The van der Waals surface area contributed by atoms with Crippen LogP contribution in [0.1, 0.15) is 59.8 Å². The number of imide groups is 1. The quantitative estimate of drug-likeness (QED) is 0.657. The molecule has 1 heterocycles. The van der Waals surface area contributed by atoms with E-state index in [0.717, 1.165) is 27.2 Å². The Morgan fingerprint density at radius 2 is 1.72 bits per heavy atom. The van der Waals surface area contributed by atoms with E-state index in [1.807, 2.05) is 47.6 Å². The fraction of sp³-hybridized carbons (Fsp3) is 0.550. The number of nitrogens with zero attached hydrogens (tertiary/aromatic N) is 1. The van der Waals surface area contributed by atoms with E-state index in [1.165, 1.54) is 0 Å². The molecule has 5 heteroatoms. The number of rotatable bonds is 5. The Hall–Kier alpha value is -2.17. The second kappa shape index (κ2) is 6.62. The van der Waals surface area contributed by atoms with Gasteiger partial charge in [-0.3, -0.25) is 14.5 Å². The Bertz CT molecular complexity index is 752. The summed E-state index contributed by atoms with van der Waals surface area (Å²) in [7, 11) is 0. The number of urea groups is 1. The van der Waals surface area contributed by atoms with E-state index in [4.69, 9.17) is 0 Å². The second-order valence-corrected chi connectivity index (χ2v) is 7.79. The van der Waals surface area contributed by atoms with Crippen molar-refractivity contribution in [2.24, 2.45) is 5.92 Å². The predicted octanol–water partition coefficient (Wildman–Crippen LogP) is 3.46. The first kappa shape index (κ1) is 19.2. The highest BCUT2D eigenvalue weighted by atomic mass is 16.2. The predicted molar refractivity (Wildman–Crippen MR) is 97.8 cm³/mol. The average molecular weight is 344 g/mol. The molecule has 1 aromatic rings. The van der Waals surface area contributed by atoms with Gasteiger partial charge in [-0.05, 0) is 75.3 Å². The molecule has 1 aliphatic heterocycles. The molecule has 1 aliphatic rings. The van der Waals surface area contributed by atoms with Crippen LogP contribution in [-0.2, 0) is 4.79 Å². The van der Waals surface area contributed by atoms with Gasteiger partial charge in [-0.25, -0.2) is 4.79 Å². The second-order valence-electron chi connectivity index (χ2n) is 7.79.